The predicted octanol–water partition coefficient (Wildman–Crippen LogP) is 3.09. The molecule has 0 unspecified atom stereocenters. The average molecular weight is 400 g/mol. The van der Waals surface area contributed by atoms with Crippen LogP contribution in [0.5, 0.6) is 0 Å². The Hall–Kier alpha value is -2.64. The molecule has 1 aromatic carbocycles. The fourth-order valence-corrected chi connectivity index (χ4v) is 3.56. The third-order valence-electron chi connectivity index (χ3n) is 4.49. The van der Waals surface area contributed by atoms with Gasteiger partial charge in [0.05, 0.1) is 13.2 Å². The van der Waals surface area contributed by atoms with Crippen molar-refractivity contribution in [1.29, 1.82) is 0 Å². The maximum atomic E-state index is 12.4. The molecule has 6 nitrogen and oxygen atoms in total. The number of morpholine rings is 1. The highest BCUT2D eigenvalue weighted by Gasteiger charge is 2.14. The number of carbonyl (C=O) groups excluding carboxylic acids is 2. The van der Waals surface area contributed by atoms with Gasteiger partial charge in [0, 0.05) is 42.0 Å². The van der Waals surface area contributed by atoms with E-state index in [2.05, 4.69) is 10.2 Å². The van der Waals surface area contributed by atoms with Crippen LogP contribution in [0, 0.1) is 0 Å². The summed E-state index contributed by atoms with van der Waals surface area (Å²) >= 11 is 1.56. The molecule has 1 fully saturated rings. The molecule has 0 aliphatic carbocycles. The first-order valence-corrected chi connectivity index (χ1v) is 10.3. The maximum Gasteiger partial charge on any atom is 0.247 e. The summed E-state index contributed by atoms with van der Waals surface area (Å²) in [5, 5.41) is 4.82. The molecule has 0 atom stereocenters. The number of hydrogen-bond donors (Lipinski definition) is 1. The van der Waals surface area contributed by atoms with Crippen LogP contribution in [0.25, 0.3) is 6.08 Å². The van der Waals surface area contributed by atoms with Crippen LogP contribution in [0.2, 0.25) is 0 Å². The highest BCUT2D eigenvalue weighted by molar-refractivity contribution is 7.10. The van der Waals surface area contributed by atoms with Crippen molar-refractivity contribution in [2.45, 2.75) is 6.92 Å². The minimum Gasteiger partial charge on any atom is -0.378 e. The van der Waals surface area contributed by atoms with Crippen molar-refractivity contribution in [3.63, 3.8) is 0 Å². The summed E-state index contributed by atoms with van der Waals surface area (Å²) in [6.45, 7) is 5.57. The van der Waals surface area contributed by atoms with Crippen molar-refractivity contribution in [1.82, 2.24) is 4.90 Å². The molecular formula is C21H25N3O3S. The summed E-state index contributed by atoms with van der Waals surface area (Å²) in [4.78, 5) is 29.5. The van der Waals surface area contributed by atoms with Crippen molar-refractivity contribution >= 4 is 40.6 Å². The Bertz CT molecular complexity index is 797. The highest BCUT2D eigenvalue weighted by atomic mass is 32.1. The summed E-state index contributed by atoms with van der Waals surface area (Å²) in [5.74, 6) is -0.382. The Morgan fingerprint density at radius 3 is 2.61 bits per heavy atom. The van der Waals surface area contributed by atoms with Crippen LogP contribution >= 0.6 is 11.3 Å². The van der Waals surface area contributed by atoms with Crippen LogP contribution in [0.15, 0.2) is 47.9 Å². The van der Waals surface area contributed by atoms with Gasteiger partial charge in [-0.25, -0.2) is 0 Å². The molecule has 0 saturated carbocycles. The molecule has 2 amide bonds. The molecule has 28 heavy (non-hydrogen) atoms. The molecule has 3 rings (SSSR count). The monoisotopic (exact) mass is 399 g/mol. The summed E-state index contributed by atoms with van der Waals surface area (Å²) in [7, 11) is 0. The molecule has 1 aliphatic rings. The second-order valence-electron chi connectivity index (χ2n) is 6.40. The Balaban J connectivity index is 1.52. The first kappa shape index (κ1) is 20.1. The van der Waals surface area contributed by atoms with Gasteiger partial charge < -0.3 is 19.9 Å². The summed E-state index contributed by atoms with van der Waals surface area (Å²) < 4.78 is 5.37. The summed E-state index contributed by atoms with van der Waals surface area (Å²) in [6, 6.07) is 11.6. The van der Waals surface area contributed by atoms with Crippen LogP contribution in [0.3, 0.4) is 0 Å². The van der Waals surface area contributed by atoms with Crippen LogP contribution in [-0.4, -0.2) is 56.1 Å². The Morgan fingerprint density at radius 1 is 1.21 bits per heavy atom. The standard InChI is InChI=1S/C21H25N3O3S/c1-2-23(21(26)10-9-19-4-3-15-28-19)16-20(25)22-17-5-7-18(8-6-17)24-11-13-27-14-12-24/h3-10,15H,2,11-14,16H2,1H3,(H,22,25)/b10-9-. The number of amides is 2. The quantitative estimate of drug-likeness (QED) is 0.727. The molecule has 2 aromatic rings. The van der Waals surface area contributed by atoms with E-state index in [0.717, 1.165) is 42.6 Å². The van der Waals surface area contributed by atoms with E-state index in [1.54, 1.807) is 17.4 Å². The second kappa shape index (κ2) is 10.1. The number of anilines is 2. The van der Waals surface area contributed by atoms with E-state index in [-0.39, 0.29) is 18.4 Å². The number of likely N-dealkylation sites (N-methyl/N-ethyl adjacent to an activating group) is 1. The van der Waals surface area contributed by atoms with Gasteiger partial charge in [0.25, 0.3) is 0 Å². The average Bonchev–Trinajstić information content (AvgIpc) is 3.25. The maximum absolute atomic E-state index is 12.4. The third-order valence-corrected chi connectivity index (χ3v) is 5.33. The summed E-state index contributed by atoms with van der Waals surface area (Å²) in [5.41, 5.74) is 1.84. The molecule has 1 N–H and O–H groups in total. The number of nitrogens with one attached hydrogen (secondary N) is 1. The normalized spacial score (nSPS) is 14.2. The van der Waals surface area contributed by atoms with E-state index in [1.165, 1.54) is 11.0 Å². The Kier molecular flexibility index (Phi) is 7.22. The topological polar surface area (TPSA) is 61.9 Å². The number of rotatable bonds is 7. The van der Waals surface area contributed by atoms with E-state index < -0.39 is 0 Å². The molecule has 7 heteroatoms. The molecule has 148 valence electrons. The molecule has 2 heterocycles. The van der Waals surface area contributed by atoms with Crippen molar-refractivity contribution in [2.24, 2.45) is 0 Å². The SMILES string of the molecule is CCN(CC(=O)Nc1ccc(N2CCOCC2)cc1)C(=O)/C=C\c1cccs1. The van der Waals surface area contributed by atoms with Gasteiger partial charge in [-0.05, 0) is 48.7 Å². The van der Waals surface area contributed by atoms with Gasteiger partial charge in [-0.15, -0.1) is 11.3 Å². The van der Waals surface area contributed by atoms with E-state index in [0.29, 0.717) is 6.54 Å². The van der Waals surface area contributed by atoms with E-state index >= 15 is 0 Å². The van der Waals surface area contributed by atoms with Crippen LogP contribution in [0.1, 0.15) is 11.8 Å². The second-order valence-corrected chi connectivity index (χ2v) is 7.37. The zero-order chi connectivity index (χ0) is 19.8. The number of nitrogens with zero attached hydrogens (tertiary/aromatic N) is 2. The van der Waals surface area contributed by atoms with Gasteiger partial charge in [0.1, 0.15) is 6.54 Å². The van der Waals surface area contributed by atoms with Crippen molar-refractivity contribution in [2.75, 3.05) is 49.6 Å². The molecule has 0 spiro atoms. The van der Waals surface area contributed by atoms with Gasteiger partial charge in [-0.2, -0.15) is 0 Å². The lowest BCUT2D eigenvalue weighted by Gasteiger charge is -2.29. The first-order valence-electron chi connectivity index (χ1n) is 9.39. The zero-order valence-electron chi connectivity index (χ0n) is 16.0. The van der Waals surface area contributed by atoms with Crippen molar-refractivity contribution in [3.8, 4) is 0 Å². The van der Waals surface area contributed by atoms with E-state index in [9.17, 15) is 9.59 Å². The van der Waals surface area contributed by atoms with Crippen molar-refractivity contribution in [3.05, 3.63) is 52.7 Å². The van der Waals surface area contributed by atoms with Crippen LogP contribution < -0.4 is 10.2 Å². The van der Waals surface area contributed by atoms with Gasteiger partial charge >= 0.3 is 0 Å². The predicted molar refractivity (Wildman–Crippen MR) is 114 cm³/mol. The molecular weight excluding hydrogens is 374 g/mol. The number of ether oxygens (including phenoxy) is 1. The lowest BCUT2D eigenvalue weighted by Crippen LogP contribution is -2.37. The zero-order valence-corrected chi connectivity index (χ0v) is 16.8. The fourth-order valence-electron chi connectivity index (χ4n) is 2.94. The van der Waals surface area contributed by atoms with Crippen LogP contribution in [0.4, 0.5) is 11.4 Å². The third kappa shape index (κ3) is 5.68. The van der Waals surface area contributed by atoms with Gasteiger partial charge in [0.2, 0.25) is 11.8 Å². The minimum absolute atomic E-state index is 0.0231. The highest BCUT2D eigenvalue weighted by Crippen LogP contribution is 2.19. The van der Waals surface area contributed by atoms with Crippen molar-refractivity contribution < 1.29 is 14.3 Å². The number of benzene rings is 1. The number of hydrogen-bond acceptors (Lipinski definition) is 5. The lowest BCUT2D eigenvalue weighted by molar-refractivity contribution is -0.130. The van der Waals surface area contributed by atoms with Gasteiger partial charge in [0.15, 0.2) is 0 Å². The molecule has 1 aliphatic heterocycles. The number of carbonyl (C=O) groups is 2. The molecule has 0 radical (unpaired) electrons. The molecule has 0 bridgehead atoms. The van der Waals surface area contributed by atoms with Gasteiger partial charge in [-0.1, -0.05) is 6.07 Å². The van der Waals surface area contributed by atoms with E-state index in [4.69, 9.17) is 4.74 Å². The lowest BCUT2D eigenvalue weighted by atomic mass is 10.2. The largest absolute Gasteiger partial charge is 0.378 e. The smallest absolute Gasteiger partial charge is 0.247 e. The summed E-state index contributed by atoms with van der Waals surface area (Å²) in [6.07, 6.45) is 3.29. The van der Waals surface area contributed by atoms with Gasteiger partial charge in [-0.3, -0.25) is 9.59 Å². The fraction of sp³-hybridized carbons (Fsp3) is 0.333. The van der Waals surface area contributed by atoms with Crippen LogP contribution in [-0.2, 0) is 14.3 Å². The van der Waals surface area contributed by atoms with E-state index in [1.807, 2.05) is 48.7 Å². The first-order chi connectivity index (χ1) is 13.7. The number of thiophene rings is 1. The Morgan fingerprint density at radius 2 is 1.96 bits per heavy atom. The molecule has 1 saturated heterocycles. The molecule has 1 aromatic heterocycles. The Labute approximate surface area is 169 Å². The minimum atomic E-state index is -0.209.